The number of anilines is 1. The Kier molecular flexibility index (Phi) is 4.38. The molecule has 0 amide bonds. The first-order valence-corrected chi connectivity index (χ1v) is 7.42. The van der Waals surface area contributed by atoms with Gasteiger partial charge >= 0.3 is 0 Å². The minimum atomic E-state index is 0.156. The molecule has 0 heterocycles. The van der Waals surface area contributed by atoms with Crippen LogP contribution in [0.1, 0.15) is 22.3 Å². The van der Waals surface area contributed by atoms with Crippen LogP contribution in [0.5, 0.6) is 5.75 Å². The van der Waals surface area contributed by atoms with Gasteiger partial charge < -0.3 is 10.8 Å². The molecule has 0 saturated carbocycles. The lowest BCUT2D eigenvalue weighted by Gasteiger charge is -2.06. The van der Waals surface area contributed by atoms with Crippen LogP contribution in [0.15, 0.2) is 36.4 Å². The number of nitrogen functional groups attached to an aromatic ring is 1. The molecule has 0 spiro atoms. The van der Waals surface area contributed by atoms with Crippen molar-refractivity contribution in [3.8, 4) is 5.75 Å². The Morgan fingerprint density at radius 1 is 0.947 bits per heavy atom. The summed E-state index contributed by atoms with van der Waals surface area (Å²) in [6, 6.07) is 12.1. The number of benzene rings is 2. The Morgan fingerprint density at radius 2 is 1.58 bits per heavy atom. The summed E-state index contributed by atoms with van der Waals surface area (Å²) in [5, 5.41) is 9.38. The summed E-state index contributed by atoms with van der Waals surface area (Å²) < 4.78 is 0. The zero-order valence-electron chi connectivity index (χ0n) is 11.3. The maximum Gasteiger partial charge on any atom is 0.138 e. The third-order valence-electron chi connectivity index (χ3n) is 2.91. The van der Waals surface area contributed by atoms with Crippen molar-refractivity contribution in [3.05, 3.63) is 58.7 Å². The third kappa shape index (κ3) is 3.93. The zero-order chi connectivity index (χ0) is 13.8. The highest BCUT2D eigenvalue weighted by atomic mass is 32.2. The average Bonchev–Trinajstić information content (AvgIpc) is 2.32. The number of hydrogen-bond acceptors (Lipinski definition) is 3. The SMILES string of the molecule is Cc1cc(C)cc(CSCc2ccc(O)c(N)c2)c1. The summed E-state index contributed by atoms with van der Waals surface area (Å²) in [6.07, 6.45) is 0. The molecule has 0 radical (unpaired) electrons. The Morgan fingerprint density at radius 3 is 2.21 bits per heavy atom. The molecular formula is C16H19NOS. The van der Waals surface area contributed by atoms with Crippen LogP contribution in [0.25, 0.3) is 0 Å². The van der Waals surface area contributed by atoms with E-state index in [9.17, 15) is 5.11 Å². The van der Waals surface area contributed by atoms with E-state index in [2.05, 4.69) is 32.0 Å². The van der Waals surface area contributed by atoms with Gasteiger partial charge in [-0.1, -0.05) is 35.4 Å². The molecule has 3 heteroatoms. The van der Waals surface area contributed by atoms with Gasteiger partial charge in [0.05, 0.1) is 5.69 Å². The van der Waals surface area contributed by atoms with Crippen molar-refractivity contribution in [2.24, 2.45) is 0 Å². The number of hydrogen-bond donors (Lipinski definition) is 2. The van der Waals surface area contributed by atoms with Crippen LogP contribution in [0, 0.1) is 13.8 Å². The molecule has 0 fully saturated rings. The molecule has 0 bridgehead atoms. The van der Waals surface area contributed by atoms with Crippen LogP contribution in [-0.4, -0.2) is 5.11 Å². The van der Waals surface area contributed by atoms with Crippen LogP contribution in [-0.2, 0) is 11.5 Å². The average molecular weight is 273 g/mol. The van der Waals surface area contributed by atoms with E-state index in [1.54, 1.807) is 6.07 Å². The lowest BCUT2D eigenvalue weighted by molar-refractivity contribution is 0.478. The topological polar surface area (TPSA) is 46.2 Å². The Labute approximate surface area is 118 Å². The lowest BCUT2D eigenvalue weighted by atomic mass is 10.1. The van der Waals surface area contributed by atoms with Gasteiger partial charge in [0.15, 0.2) is 0 Å². The van der Waals surface area contributed by atoms with Gasteiger partial charge in [-0.25, -0.2) is 0 Å². The summed E-state index contributed by atoms with van der Waals surface area (Å²) in [4.78, 5) is 0. The van der Waals surface area contributed by atoms with E-state index in [0.717, 1.165) is 17.1 Å². The van der Waals surface area contributed by atoms with Crippen LogP contribution in [0.2, 0.25) is 0 Å². The number of rotatable bonds is 4. The largest absolute Gasteiger partial charge is 0.506 e. The van der Waals surface area contributed by atoms with Gasteiger partial charge in [0.2, 0.25) is 0 Å². The van der Waals surface area contributed by atoms with E-state index in [1.807, 2.05) is 23.9 Å². The summed E-state index contributed by atoms with van der Waals surface area (Å²) in [6.45, 7) is 4.25. The number of aryl methyl sites for hydroxylation is 2. The smallest absolute Gasteiger partial charge is 0.138 e. The van der Waals surface area contributed by atoms with Crippen molar-refractivity contribution in [1.29, 1.82) is 0 Å². The molecule has 0 unspecified atom stereocenters. The maximum absolute atomic E-state index is 9.38. The predicted octanol–water partition coefficient (Wildman–Crippen LogP) is 4.02. The highest BCUT2D eigenvalue weighted by Crippen LogP contribution is 2.25. The van der Waals surface area contributed by atoms with Crippen molar-refractivity contribution in [2.45, 2.75) is 25.4 Å². The Bertz CT molecular complexity index is 561. The summed E-state index contributed by atoms with van der Waals surface area (Å²) in [5.74, 6) is 2.05. The molecule has 0 atom stereocenters. The van der Waals surface area contributed by atoms with Crippen molar-refractivity contribution < 1.29 is 5.11 Å². The monoisotopic (exact) mass is 273 g/mol. The fourth-order valence-corrected chi connectivity index (χ4v) is 3.05. The molecule has 19 heavy (non-hydrogen) atoms. The third-order valence-corrected chi connectivity index (χ3v) is 3.99. The second kappa shape index (κ2) is 6.02. The molecule has 2 aromatic rings. The standard InChI is InChI=1S/C16H19NOS/c1-11-5-12(2)7-14(6-11)10-19-9-13-3-4-16(18)15(17)8-13/h3-8,18H,9-10,17H2,1-2H3. The Hall–Kier alpha value is -1.61. The molecular weight excluding hydrogens is 254 g/mol. The predicted molar refractivity (Wildman–Crippen MR) is 83.4 cm³/mol. The van der Waals surface area contributed by atoms with E-state index in [-0.39, 0.29) is 5.75 Å². The zero-order valence-corrected chi connectivity index (χ0v) is 12.1. The lowest BCUT2D eigenvalue weighted by Crippen LogP contribution is -1.89. The van der Waals surface area contributed by atoms with Gasteiger partial charge in [0, 0.05) is 11.5 Å². The van der Waals surface area contributed by atoms with Gasteiger partial charge in [0.25, 0.3) is 0 Å². The summed E-state index contributed by atoms with van der Waals surface area (Å²) >= 11 is 1.85. The molecule has 2 rings (SSSR count). The molecule has 2 nitrogen and oxygen atoms in total. The van der Waals surface area contributed by atoms with E-state index in [0.29, 0.717) is 5.69 Å². The van der Waals surface area contributed by atoms with Crippen molar-refractivity contribution in [3.63, 3.8) is 0 Å². The minimum Gasteiger partial charge on any atom is -0.506 e. The van der Waals surface area contributed by atoms with E-state index in [4.69, 9.17) is 5.73 Å². The Balaban J connectivity index is 1.94. The molecule has 2 aromatic carbocycles. The number of aromatic hydroxyl groups is 1. The molecule has 0 aromatic heterocycles. The van der Waals surface area contributed by atoms with Crippen LogP contribution in [0.4, 0.5) is 5.69 Å². The van der Waals surface area contributed by atoms with Crippen molar-refractivity contribution >= 4 is 17.4 Å². The molecule has 100 valence electrons. The second-order valence-corrected chi connectivity index (χ2v) is 5.87. The van der Waals surface area contributed by atoms with E-state index < -0.39 is 0 Å². The normalized spacial score (nSPS) is 10.6. The van der Waals surface area contributed by atoms with Crippen LogP contribution in [0.3, 0.4) is 0 Å². The maximum atomic E-state index is 9.38. The molecule has 3 N–H and O–H groups in total. The first kappa shape index (κ1) is 13.8. The van der Waals surface area contributed by atoms with E-state index >= 15 is 0 Å². The number of thioether (sulfide) groups is 1. The number of phenols is 1. The molecule has 0 saturated heterocycles. The van der Waals surface area contributed by atoms with Gasteiger partial charge in [-0.3, -0.25) is 0 Å². The fourth-order valence-electron chi connectivity index (χ4n) is 2.13. The quantitative estimate of drug-likeness (QED) is 0.653. The van der Waals surface area contributed by atoms with Crippen LogP contribution >= 0.6 is 11.8 Å². The first-order valence-electron chi connectivity index (χ1n) is 6.27. The number of phenolic OH excluding ortho intramolecular Hbond substituents is 1. The molecule has 0 aliphatic carbocycles. The van der Waals surface area contributed by atoms with Gasteiger partial charge in [-0.15, -0.1) is 0 Å². The van der Waals surface area contributed by atoms with Crippen molar-refractivity contribution in [2.75, 3.05) is 5.73 Å². The minimum absolute atomic E-state index is 0.156. The summed E-state index contributed by atoms with van der Waals surface area (Å²) in [5.41, 5.74) is 11.3. The second-order valence-electron chi connectivity index (χ2n) is 4.88. The number of nitrogens with two attached hydrogens (primary N) is 1. The van der Waals surface area contributed by atoms with Gasteiger partial charge in [-0.05, 0) is 37.1 Å². The molecule has 0 aliphatic heterocycles. The highest BCUT2D eigenvalue weighted by Gasteiger charge is 2.01. The molecule has 0 aliphatic rings. The van der Waals surface area contributed by atoms with Gasteiger partial charge in [0.1, 0.15) is 5.75 Å². The van der Waals surface area contributed by atoms with E-state index in [1.165, 1.54) is 16.7 Å². The summed E-state index contributed by atoms with van der Waals surface area (Å²) in [7, 11) is 0. The first-order chi connectivity index (χ1) is 9.04. The highest BCUT2D eigenvalue weighted by molar-refractivity contribution is 7.97. The van der Waals surface area contributed by atoms with Crippen LogP contribution < -0.4 is 5.73 Å². The van der Waals surface area contributed by atoms with Crippen molar-refractivity contribution in [1.82, 2.24) is 0 Å². The van der Waals surface area contributed by atoms with Gasteiger partial charge in [-0.2, -0.15) is 11.8 Å². The fraction of sp³-hybridized carbons (Fsp3) is 0.250.